The maximum Gasteiger partial charge on any atom is 0.279 e. The highest BCUT2D eigenvalue weighted by atomic mass is 35.5. The molecule has 0 unspecified atom stereocenters. The van der Waals surface area contributed by atoms with Gasteiger partial charge in [0.2, 0.25) is 0 Å². The molecule has 0 aliphatic heterocycles. The van der Waals surface area contributed by atoms with Gasteiger partial charge < -0.3 is 4.74 Å². The fourth-order valence-corrected chi connectivity index (χ4v) is 3.72. The summed E-state index contributed by atoms with van der Waals surface area (Å²) < 4.78 is 6.72. The van der Waals surface area contributed by atoms with Gasteiger partial charge in [0.05, 0.1) is 20.3 Å². The van der Waals surface area contributed by atoms with Crippen LogP contribution in [0.15, 0.2) is 36.4 Å². The molecule has 1 heterocycles. The Morgan fingerprint density at radius 3 is 2.52 bits per heavy atom. The second kappa shape index (κ2) is 7.73. The van der Waals surface area contributed by atoms with Crippen molar-refractivity contribution in [1.29, 1.82) is 0 Å². The fourth-order valence-electron chi connectivity index (χ4n) is 2.48. The van der Waals surface area contributed by atoms with Crippen LogP contribution in [-0.2, 0) is 11.2 Å². The van der Waals surface area contributed by atoms with Crippen molar-refractivity contribution in [2.24, 2.45) is 5.92 Å². The van der Waals surface area contributed by atoms with Gasteiger partial charge in [0.1, 0.15) is 11.5 Å². The third-order valence-corrected chi connectivity index (χ3v) is 5.19. The second-order valence-corrected chi connectivity index (χ2v) is 8.08. The third-order valence-electron chi connectivity index (χ3n) is 3.58. The van der Waals surface area contributed by atoms with Crippen molar-refractivity contribution in [2.45, 2.75) is 26.7 Å². The number of hydrogen-bond donors (Lipinski definition) is 0. The quantitative estimate of drug-likeness (QED) is 0.476. The van der Waals surface area contributed by atoms with Gasteiger partial charge in [-0.1, -0.05) is 60.5 Å². The first kappa shape index (κ1) is 18.2. The van der Waals surface area contributed by atoms with E-state index in [0.717, 1.165) is 15.8 Å². The molecular weight excluding hydrogens is 377 g/mol. The van der Waals surface area contributed by atoms with Gasteiger partial charge in [0, 0.05) is 12.8 Å². The van der Waals surface area contributed by atoms with E-state index < -0.39 is 0 Å². The number of halogens is 2. The third kappa shape index (κ3) is 4.72. The summed E-state index contributed by atoms with van der Waals surface area (Å²) in [4.78, 5) is 16.3. The first-order valence-electron chi connectivity index (χ1n) is 7.95. The first-order chi connectivity index (χ1) is 11.9. The molecule has 25 heavy (non-hydrogen) atoms. The maximum atomic E-state index is 11.9. The smallest absolute Gasteiger partial charge is 0.279 e. The minimum absolute atomic E-state index is 0.253. The lowest BCUT2D eigenvalue weighted by molar-refractivity contribution is -0.119. The molecule has 0 fully saturated rings. The van der Waals surface area contributed by atoms with Crippen LogP contribution in [0.25, 0.3) is 10.2 Å². The van der Waals surface area contributed by atoms with Crippen molar-refractivity contribution >= 4 is 50.5 Å². The van der Waals surface area contributed by atoms with Crippen LogP contribution in [0.2, 0.25) is 10.0 Å². The first-order valence-corrected chi connectivity index (χ1v) is 9.52. The number of fused-ring (bicyclic) bond motifs is 1. The van der Waals surface area contributed by atoms with E-state index in [4.69, 9.17) is 27.9 Å². The van der Waals surface area contributed by atoms with Crippen molar-refractivity contribution < 1.29 is 9.53 Å². The van der Waals surface area contributed by atoms with Gasteiger partial charge >= 0.3 is 0 Å². The van der Waals surface area contributed by atoms with Crippen LogP contribution in [-0.4, -0.2) is 10.8 Å². The number of Topliss-reactive ketones (excluding diaryl/α,β-unsaturated/α-hetero) is 1. The number of aromatic nitrogens is 1. The average Bonchev–Trinajstić information content (AvgIpc) is 2.90. The zero-order chi connectivity index (χ0) is 18.0. The standard InChI is InChI=1S/C19H17Cl2NO2S/c1-11(2)7-13(23)8-12-3-5-14(6-4-12)24-19-22-17-9-15(20)16(21)10-18(17)25-19/h3-6,9-11H,7-8H2,1-2H3. The molecular formula is C19H17Cl2NO2S. The molecule has 0 amide bonds. The molecule has 0 bridgehead atoms. The average molecular weight is 394 g/mol. The zero-order valence-corrected chi connectivity index (χ0v) is 16.2. The van der Waals surface area contributed by atoms with Gasteiger partial charge in [-0.25, -0.2) is 4.98 Å². The minimum atomic E-state index is 0.253. The molecule has 0 atom stereocenters. The Morgan fingerprint density at radius 2 is 1.84 bits per heavy atom. The molecule has 130 valence electrons. The van der Waals surface area contributed by atoms with Gasteiger partial charge in [-0.2, -0.15) is 0 Å². The van der Waals surface area contributed by atoms with E-state index in [1.807, 2.05) is 38.1 Å². The monoisotopic (exact) mass is 393 g/mol. The van der Waals surface area contributed by atoms with Gasteiger partial charge in [-0.3, -0.25) is 4.79 Å². The molecule has 0 saturated heterocycles. The highest BCUT2D eigenvalue weighted by Gasteiger charge is 2.10. The van der Waals surface area contributed by atoms with Crippen LogP contribution in [0.1, 0.15) is 25.8 Å². The molecule has 3 rings (SSSR count). The summed E-state index contributed by atoms with van der Waals surface area (Å²) in [5.41, 5.74) is 1.74. The van der Waals surface area contributed by atoms with E-state index >= 15 is 0 Å². The number of rotatable bonds is 6. The topological polar surface area (TPSA) is 39.2 Å². The van der Waals surface area contributed by atoms with Crippen molar-refractivity contribution in [3.05, 3.63) is 52.0 Å². The molecule has 1 aromatic heterocycles. The van der Waals surface area contributed by atoms with Crippen molar-refractivity contribution in [2.75, 3.05) is 0 Å². The predicted molar refractivity (Wildman–Crippen MR) is 104 cm³/mol. The number of ether oxygens (including phenoxy) is 1. The van der Waals surface area contributed by atoms with Crippen LogP contribution >= 0.6 is 34.5 Å². The summed E-state index contributed by atoms with van der Waals surface area (Å²) in [5, 5.41) is 1.50. The van der Waals surface area contributed by atoms with Crippen LogP contribution < -0.4 is 4.74 Å². The Bertz CT molecular complexity index is 865. The predicted octanol–water partition coefficient (Wildman–Crippen LogP) is 6.55. The van der Waals surface area contributed by atoms with Gasteiger partial charge in [0.15, 0.2) is 0 Å². The van der Waals surface area contributed by atoms with E-state index in [1.165, 1.54) is 11.3 Å². The lowest BCUT2D eigenvalue weighted by Gasteiger charge is -2.05. The van der Waals surface area contributed by atoms with Crippen LogP contribution in [0.5, 0.6) is 10.9 Å². The second-order valence-electron chi connectivity index (χ2n) is 6.27. The van der Waals surface area contributed by atoms with Crippen LogP contribution in [0.4, 0.5) is 0 Å². The van der Waals surface area contributed by atoms with Crippen molar-refractivity contribution in [3.63, 3.8) is 0 Å². The lowest BCUT2D eigenvalue weighted by atomic mass is 10.0. The van der Waals surface area contributed by atoms with Crippen LogP contribution in [0, 0.1) is 5.92 Å². The van der Waals surface area contributed by atoms with E-state index in [2.05, 4.69) is 4.98 Å². The number of carbonyl (C=O) groups excluding carboxylic acids is 1. The number of nitrogens with zero attached hydrogens (tertiary/aromatic N) is 1. The number of carbonyl (C=O) groups is 1. The highest BCUT2D eigenvalue weighted by Crippen LogP contribution is 2.35. The SMILES string of the molecule is CC(C)CC(=O)Cc1ccc(Oc2nc3cc(Cl)c(Cl)cc3s2)cc1. The zero-order valence-electron chi connectivity index (χ0n) is 13.9. The number of benzene rings is 2. The Balaban J connectivity index is 1.70. The highest BCUT2D eigenvalue weighted by molar-refractivity contribution is 7.20. The fraction of sp³-hybridized carbons (Fsp3) is 0.263. The van der Waals surface area contributed by atoms with Crippen molar-refractivity contribution in [1.82, 2.24) is 4.98 Å². The number of hydrogen-bond acceptors (Lipinski definition) is 4. The molecule has 0 saturated carbocycles. The summed E-state index contributed by atoms with van der Waals surface area (Å²) in [6.45, 7) is 4.10. The molecule has 3 aromatic rings. The van der Waals surface area contributed by atoms with E-state index in [1.54, 1.807) is 12.1 Å². The maximum absolute atomic E-state index is 11.9. The summed E-state index contributed by atoms with van der Waals surface area (Å²) in [7, 11) is 0. The minimum Gasteiger partial charge on any atom is -0.431 e. The lowest BCUT2D eigenvalue weighted by Crippen LogP contribution is -2.06. The Morgan fingerprint density at radius 1 is 1.16 bits per heavy atom. The largest absolute Gasteiger partial charge is 0.431 e. The molecule has 0 N–H and O–H groups in total. The molecule has 0 aliphatic rings. The Hall–Kier alpha value is -1.62. The molecule has 0 aliphatic carbocycles. The molecule has 3 nitrogen and oxygen atoms in total. The molecule has 0 spiro atoms. The Kier molecular flexibility index (Phi) is 5.62. The number of thiazole rings is 1. The summed E-state index contributed by atoms with van der Waals surface area (Å²) >= 11 is 13.4. The van der Waals surface area contributed by atoms with E-state index in [0.29, 0.717) is 39.7 Å². The van der Waals surface area contributed by atoms with Gasteiger partial charge in [-0.05, 0) is 35.7 Å². The summed E-state index contributed by atoms with van der Waals surface area (Å²) in [6.07, 6.45) is 1.06. The molecule has 2 aromatic carbocycles. The Labute approximate surface area is 160 Å². The van der Waals surface area contributed by atoms with E-state index in [9.17, 15) is 4.79 Å². The van der Waals surface area contributed by atoms with Crippen molar-refractivity contribution in [3.8, 4) is 10.9 Å². The van der Waals surface area contributed by atoms with Crippen LogP contribution in [0.3, 0.4) is 0 Å². The van der Waals surface area contributed by atoms with E-state index in [-0.39, 0.29) is 5.78 Å². The number of ketones is 1. The van der Waals surface area contributed by atoms with Gasteiger partial charge in [-0.15, -0.1) is 0 Å². The molecule has 6 heteroatoms. The molecule has 0 radical (unpaired) electrons. The van der Waals surface area contributed by atoms with Gasteiger partial charge in [0.25, 0.3) is 5.19 Å². The normalized spacial score (nSPS) is 11.2. The summed E-state index contributed by atoms with van der Waals surface area (Å²) in [5.74, 6) is 1.32. The summed E-state index contributed by atoms with van der Waals surface area (Å²) in [6, 6.07) is 11.0.